The summed E-state index contributed by atoms with van der Waals surface area (Å²) < 4.78 is 5.35. The van der Waals surface area contributed by atoms with Crippen molar-refractivity contribution >= 4 is 34.2 Å². The van der Waals surface area contributed by atoms with Gasteiger partial charge in [0, 0.05) is 66.5 Å². The molecule has 1 aromatic carbocycles. The maximum Gasteiger partial charge on any atom is 0.317 e. The smallest absolute Gasteiger partial charge is 0.317 e. The van der Waals surface area contributed by atoms with Crippen LogP contribution in [0.1, 0.15) is 29.2 Å². The van der Waals surface area contributed by atoms with Gasteiger partial charge in [0.15, 0.2) is 0 Å². The number of H-pyrrole nitrogens is 1. The van der Waals surface area contributed by atoms with Gasteiger partial charge in [-0.3, -0.25) is 4.79 Å². The standard InChI is InChI=1S/C25H30N4O3S/c30-24(28-11-13-32-14-12-28)18-7-9-29(10-8-18)25(31)27-17-21(23-6-3-15-33-23)20-16-26-22-5-2-1-4-19(20)22/h1-6,15-16,18,21,26H,7-14,17H2,(H,27,31). The highest BCUT2D eigenvalue weighted by atomic mass is 32.1. The monoisotopic (exact) mass is 466 g/mol. The van der Waals surface area contributed by atoms with E-state index < -0.39 is 0 Å². The van der Waals surface area contributed by atoms with Crippen molar-refractivity contribution in [1.82, 2.24) is 20.1 Å². The SMILES string of the molecule is O=C(NCC(c1cccs1)c1c[nH]c2ccccc12)N1CCC(C(=O)N2CCOCC2)CC1. The van der Waals surface area contributed by atoms with Crippen molar-refractivity contribution in [2.75, 3.05) is 45.9 Å². The second kappa shape index (κ2) is 9.97. The van der Waals surface area contributed by atoms with Gasteiger partial charge in [-0.2, -0.15) is 0 Å². The molecule has 4 heterocycles. The molecule has 1 unspecified atom stereocenters. The lowest BCUT2D eigenvalue weighted by atomic mass is 9.95. The molecule has 0 saturated carbocycles. The fourth-order valence-electron chi connectivity index (χ4n) is 4.91. The van der Waals surface area contributed by atoms with E-state index in [1.54, 1.807) is 11.3 Å². The number of hydrogen-bond donors (Lipinski definition) is 2. The third kappa shape index (κ3) is 4.77. The van der Waals surface area contributed by atoms with Crippen molar-refractivity contribution in [3.63, 3.8) is 0 Å². The number of nitrogens with one attached hydrogen (secondary N) is 2. The summed E-state index contributed by atoms with van der Waals surface area (Å²) in [6.45, 7) is 4.36. The second-order valence-electron chi connectivity index (χ2n) is 8.74. The van der Waals surface area contributed by atoms with E-state index in [9.17, 15) is 9.59 Å². The fourth-order valence-corrected chi connectivity index (χ4v) is 5.75. The lowest BCUT2D eigenvalue weighted by Gasteiger charge is -2.35. The molecule has 2 aliphatic heterocycles. The van der Waals surface area contributed by atoms with Gasteiger partial charge in [0.05, 0.1) is 13.2 Å². The predicted molar refractivity (Wildman–Crippen MR) is 130 cm³/mol. The molecule has 2 saturated heterocycles. The number of fused-ring (bicyclic) bond motifs is 1. The number of thiophene rings is 1. The molecule has 3 aromatic rings. The molecule has 8 heteroatoms. The highest BCUT2D eigenvalue weighted by Gasteiger charge is 2.31. The molecule has 5 rings (SSSR count). The number of carbonyl (C=O) groups excluding carboxylic acids is 2. The summed E-state index contributed by atoms with van der Waals surface area (Å²) in [6, 6.07) is 12.4. The number of morpholine rings is 1. The van der Waals surface area contributed by atoms with Crippen LogP contribution < -0.4 is 5.32 Å². The Bertz CT molecular complexity index is 1080. The zero-order valence-electron chi connectivity index (χ0n) is 18.7. The number of carbonyl (C=O) groups is 2. The van der Waals surface area contributed by atoms with Crippen LogP contribution in [-0.2, 0) is 9.53 Å². The zero-order valence-corrected chi connectivity index (χ0v) is 19.5. The quantitative estimate of drug-likeness (QED) is 0.603. The number of hydrogen-bond acceptors (Lipinski definition) is 4. The summed E-state index contributed by atoms with van der Waals surface area (Å²) in [5.74, 6) is 0.318. The van der Waals surface area contributed by atoms with E-state index in [-0.39, 0.29) is 23.8 Å². The largest absolute Gasteiger partial charge is 0.378 e. The summed E-state index contributed by atoms with van der Waals surface area (Å²) >= 11 is 1.71. The third-order valence-corrected chi connectivity index (χ3v) is 7.78. The Morgan fingerprint density at radius 3 is 2.61 bits per heavy atom. The first kappa shape index (κ1) is 22.0. The molecular weight excluding hydrogens is 436 g/mol. The van der Waals surface area contributed by atoms with Gasteiger partial charge >= 0.3 is 6.03 Å². The topological polar surface area (TPSA) is 77.7 Å². The summed E-state index contributed by atoms with van der Waals surface area (Å²) in [7, 11) is 0. The van der Waals surface area contributed by atoms with Crippen LogP contribution in [0.2, 0.25) is 0 Å². The first-order valence-electron chi connectivity index (χ1n) is 11.7. The molecule has 2 N–H and O–H groups in total. The van der Waals surface area contributed by atoms with Crippen LogP contribution in [0.3, 0.4) is 0 Å². The van der Waals surface area contributed by atoms with Gasteiger partial charge in [-0.1, -0.05) is 24.3 Å². The highest BCUT2D eigenvalue weighted by Crippen LogP contribution is 2.33. The average molecular weight is 467 g/mol. The van der Waals surface area contributed by atoms with Crippen molar-refractivity contribution < 1.29 is 14.3 Å². The van der Waals surface area contributed by atoms with E-state index in [4.69, 9.17) is 4.74 Å². The number of likely N-dealkylation sites (tertiary alicyclic amines) is 1. The first-order valence-corrected chi connectivity index (χ1v) is 12.6. The molecule has 33 heavy (non-hydrogen) atoms. The minimum Gasteiger partial charge on any atom is -0.378 e. The minimum absolute atomic E-state index is 0.0113. The number of aromatic amines is 1. The molecule has 0 bridgehead atoms. The Labute approximate surface area is 197 Å². The number of amides is 3. The van der Waals surface area contributed by atoms with Crippen LogP contribution in [0.25, 0.3) is 10.9 Å². The summed E-state index contributed by atoms with van der Waals surface area (Å²) in [6.07, 6.45) is 3.50. The molecule has 7 nitrogen and oxygen atoms in total. The van der Waals surface area contributed by atoms with Crippen molar-refractivity contribution in [3.8, 4) is 0 Å². The van der Waals surface area contributed by atoms with Crippen molar-refractivity contribution in [3.05, 3.63) is 58.4 Å². The van der Waals surface area contributed by atoms with E-state index in [1.165, 1.54) is 15.8 Å². The number of aromatic nitrogens is 1. The molecule has 0 radical (unpaired) electrons. The third-order valence-electron chi connectivity index (χ3n) is 6.79. The maximum atomic E-state index is 13.0. The number of benzene rings is 1. The van der Waals surface area contributed by atoms with Gasteiger partial charge in [0.25, 0.3) is 0 Å². The molecule has 0 aliphatic carbocycles. The van der Waals surface area contributed by atoms with Gasteiger partial charge < -0.3 is 24.8 Å². The van der Waals surface area contributed by atoms with Crippen LogP contribution in [0.15, 0.2) is 48.0 Å². The fraction of sp³-hybridized carbons (Fsp3) is 0.440. The average Bonchev–Trinajstić information content (AvgIpc) is 3.55. The van der Waals surface area contributed by atoms with Crippen LogP contribution in [0.5, 0.6) is 0 Å². The molecule has 2 fully saturated rings. The molecule has 2 aromatic heterocycles. The maximum absolute atomic E-state index is 13.0. The van der Waals surface area contributed by atoms with Crippen LogP contribution in [-0.4, -0.2) is 72.7 Å². The summed E-state index contributed by atoms with van der Waals surface area (Å²) in [5.41, 5.74) is 2.30. The molecule has 174 valence electrons. The van der Waals surface area contributed by atoms with Gasteiger partial charge in [-0.25, -0.2) is 4.79 Å². The van der Waals surface area contributed by atoms with E-state index in [0.717, 1.165) is 18.4 Å². The Morgan fingerprint density at radius 1 is 1.06 bits per heavy atom. The van der Waals surface area contributed by atoms with Gasteiger partial charge in [0.1, 0.15) is 0 Å². The lowest BCUT2D eigenvalue weighted by Crippen LogP contribution is -2.49. The number of nitrogens with zero attached hydrogens (tertiary/aromatic N) is 2. The Morgan fingerprint density at radius 2 is 1.85 bits per heavy atom. The van der Waals surface area contributed by atoms with E-state index in [0.29, 0.717) is 45.9 Å². The second-order valence-corrected chi connectivity index (χ2v) is 9.72. The van der Waals surface area contributed by atoms with E-state index in [2.05, 4.69) is 46.1 Å². The summed E-state index contributed by atoms with van der Waals surface area (Å²) in [4.78, 5) is 34.1. The first-order chi connectivity index (χ1) is 16.2. The van der Waals surface area contributed by atoms with Gasteiger partial charge in [-0.05, 0) is 35.9 Å². The molecule has 1 atom stereocenters. The van der Waals surface area contributed by atoms with Crippen molar-refractivity contribution in [2.45, 2.75) is 18.8 Å². The molecule has 3 amide bonds. The normalized spacial score (nSPS) is 18.4. The number of para-hydroxylation sites is 1. The number of urea groups is 1. The molecule has 0 spiro atoms. The number of piperidine rings is 1. The predicted octanol–water partition coefficient (Wildman–Crippen LogP) is 3.64. The van der Waals surface area contributed by atoms with Crippen LogP contribution >= 0.6 is 11.3 Å². The van der Waals surface area contributed by atoms with Gasteiger partial charge in [0.2, 0.25) is 5.91 Å². The lowest BCUT2D eigenvalue weighted by molar-refractivity contribution is -0.141. The van der Waals surface area contributed by atoms with E-state index >= 15 is 0 Å². The number of ether oxygens (including phenoxy) is 1. The van der Waals surface area contributed by atoms with Crippen molar-refractivity contribution in [1.29, 1.82) is 0 Å². The van der Waals surface area contributed by atoms with E-state index in [1.807, 2.05) is 21.9 Å². The van der Waals surface area contributed by atoms with Crippen LogP contribution in [0.4, 0.5) is 4.79 Å². The Kier molecular flexibility index (Phi) is 6.64. The molecular formula is C25H30N4O3S. The highest BCUT2D eigenvalue weighted by molar-refractivity contribution is 7.10. The zero-order chi connectivity index (χ0) is 22.6. The Hall–Kier alpha value is -2.84. The Balaban J connectivity index is 1.20. The number of rotatable bonds is 5. The molecule has 2 aliphatic rings. The minimum atomic E-state index is -0.0475. The van der Waals surface area contributed by atoms with Gasteiger partial charge in [-0.15, -0.1) is 11.3 Å². The van der Waals surface area contributed by atoms with Crippen molar-refractivity contribution in [2.24, 2.45) is 5.92 Å². The van der Waals surface area contributed by atoms with Crippen LogP contribution in [0, 0.1) is 5.92 Å². The summed E-state index contributed by atoms with van der Waals surface area (Å²) in [5, 5.41) is 6.44.